The molecule has 7 heteroatoms. The molecule has 0 aliphatic carbocycles. The highest BCUT2D eigenvalue weighted by atomic mass is 16.5. The van der Waals surface area contributed by atoms with Gasteiger partial charge in [0, 0.05) is 17.1 Å². The molecule has 0 radical (unpaired) electrons. The summed E-state index contributed by atoms with van der Waals surface area (Å²) in [6.45, 7) is 3.39. The van der Waals surface area contributed by atoms with Crippen LogP contribution in [0, 0.1) is 5.92 Å². The first-order valence-corrected chi connectivity index (χ1v) is 8.02. The molecule has 0 saturated carbocycles. The van der Waals surface area contributed by atoms with Gasteiger partial charge in [-0.1, -0.05) is 32.0 Å². The molecule has 0 unspecified atom stereocenters. The third-order valence-electron chi connectivity index (χ3n) is 3.67. The van der Waals surface area contributed by atoms with Gasteiger partial charge in [0.15, 0.2) is 6.61 Å². The maximum Gasteiger partial charge on any atom is 0.340 e. The third-order valence-corrected chi connectivity index (χ3v) is 3.67. The minimum absolute atomic E-state index is 0.193. The molecular formula is C18H22N2O5. The van der Waals surface area contributed by atoms with Crippen LogP contribution in [0.2, 0.25) is 0 Å². The van der Waals surface area contributed by atoms with Gasteiger partial charge in [0.05, 0.1) is 12.7 Å². The quantitative estimate of drug-likeness (QED) is 0.748. The monoisotopic (exact) mass is 346 g/mol. The number of hydrogen-bond donors (Lipinski definition) is 2. The van der Waals surface area contributed by atoms with Crippen LogP contribution < -0.4 is 5.32 Å². The molecular weight excluding hydrogens is 324 g/mol. The first kappa shape index (κ1) is 18.5. The molecule has 1 atom stereocenters. The molecule has 2 rings (SSSR count). The number of H-pyrrole nitrogens is 1. The first-order chi connectivity index (χ1) is 11.9. The zero-order valence-corrected chi connectivity index (χ0v) is 14.5. The van der Waals surface area contributed by atoms with E-state index in [1.807, 2.05) is 32.0 Å². The van der Waals surface area contributed by atoms with Crippen molar-refractivity contribution in [1.82, 2.24) is 10.3 Å². The van der Waals surface area contributed by atoms with E-state index in [0.717, 1.165) is 10.9 Å². The average molecular weight is 346 g/mol. The molecule has 0 fully saturated rings. The second-order valence-corrected chi connectivity index (χ2v) is 6.10. The van der Waals surface area contributed by atoms with E-state index in [0.29, 0.717) is 12.0 Å². The lowest BCUT2D eigenvalue weighted by Crippen LogP contribution is -2.44. The number of hydrogen-bond acceptors (Lipinski definition) is 5. The van der Waals surface area contributed by atoms with Crippen molar-refractivity contribution in [3.05, 3.63) is 36.0 Å². The van der Waals surface area contributed by atoms with Gasteiger partial charge in [-0.2, -0.15) is 0 Å². The summed E-state index contributed by atoms with van der Waals surface area (Å²) in [6, 6.07) is 6.53. The Balaban J connectivity index is 1.94. The van der Waals surface area contributed by atoms with Gasteiger partial charge in [-0.05, 0) is 18.4 Å². The first-order valence-electron chi connectivity index (χ1n) is 8.02. The zero-order chi connectivity index (χ0) is 18.4. The second kappa shape index (κ2) is 8.32. The average Bonchev–Trinajstić information content (AvgIpc) is 3.02. The van der Waals surface area contributed by atoms with Crippen molar-refractivity contribution in [1.29, 1.82) is 0 Å². The standard InChI is InChI=1S/C18H22N2O5/c1-11(2)8-15(18(23)24-3)20-16(21)10-25-17(22)13-9-19-14-7-5-4-6-12(13)14/h4-7,9,11,15,19H,8,10H2,1-3H3,(H,20,21)/t15-/m1/s1. The molecule has 25 heavy (non-hydrogen) atoms. The number of nitrogens with one attached hydrogen (secondary N) is 2. The Labute approximate surface area is 145 Å². The van der Waals surface area contributed by atoms with Gasteiger partial charge in [-0.25, -0.2) is 9.59 Å². The van der Waals surface area contributed by atoms with Crippen LogP contribution in [0.25, 0.3) is 10.9 Å². The Bertz CT molecular complexity index is 766. The van der Waals surface area contributed by atoms with Crippen molar-refractivity contribution in [2.45, 2.75) is 26.3 Å². The number of fused-ring (bicyclic) bond motifs is 1. The van der Waals surface area contributed by atoms with E-state index in [1.165, 1.54) is 7.11 Å². The lowest BCUT2D eigenvalue weighted by Gasteiger charge is -2.18. The highest BCUT2D eigenvalue weighted by molar-refractivity contribution is 6.04. The Morgan fingerprint density at radius 1 is 1.20 bits per heavy atom. The molecule has 1 amide bonds. The van der Waals surface area contributed by atoms with Crippen molar-refractivity contribution < 1.29 is 23.9 Å². The predicted octanol–water partition coefficient (Wildman–Crippen LogP) is 2.03. The minimum Gasteiger partial charge on any atom is -0.467 e. The molecule has 1 aromatic carbocycles. The van der Waals surface area contributed by atoms with Crippen molar-refractivity contribution in [2.24, 2.45) is 5.92 Å². The predicted molar refractivity (Wildman–Crippen MR) is 92.0 cm³/mol. The summed E-state index contributed by atoms with van der Waals surface area (Å²) in [6.07, 6.45) is 1.98. The second-order valence-electron chi connectivity index (χ2n) is 6.10. The van der Waals surface area contributed by atoms with Crippen LogP contribution in [0.4, 0.5) is 0 Å². The zero-order valence-electron chi connectivity index (χ0n) is 14.5. The normalized spacial score (nSPS) is 12.0. The SMILES string of the molecule is COC(=O)[C@@H](CC(C)C)NC(=O)COC(=O)c1c[nH]c2ccccc12. The molecule has 0 aliphatic heterocycles. The summed E-state index contributed by atoms with van der Waals surface area (Å²) >= 11 is 0. The van der Waals surface area contributed by atoms with Crippen LogP contribution in [-0.4, -0.2) is 42.6 Å². The Morgan fingerprint density at radius 2 is 1.92 bits per heavy atom. The molecule has 0 aliphatic rings. The Hall–Kier alpha value is -2.83. The van der Waals surface area contributed by atoms with Gasteiger partial charge in [0.1, 0.15) is 6.04 Å². The topological polar surface area (TPSA) is 97.5 Å². The van der Waals surface area contributed by atoms with Gasteiger partial charge < -0.3 is 19.8 Å². The van der Waals surface area contributed by atoms with Crippen LogP contribution in [0.15, 0.2) is 30.5 Å². The summed E-state index contributed by atoms with van der Waals surface area (Å²) in [5.74, 6) is -1.49. The number of carbonyl (C=O) groups is 3. The minimum atomic E-state index is -0.760. The van der Waals surface area contributed by atoms with Crippen LogP contribution >= 0.6 is 0 Å². The van der Waals surface area contributed by atoms with E-state index >= 15 is 0 Å². The van der Waals surface area contributed by atoms with Crippen LogP contribution in [0.1, 0.15) is 30.6 Å². The van der Waals surface area contributed by atoms with Gasteiger partial charge in [-0.3, -0.25) is 4.79 Å². The van der Waals surface area contributed by atoms with Crippen molar-refractivity contribution in [2.75, 3.05) is 13.7 Å². The Kier molecular flexibility index (Phi) is 6.16. The van der Waals surface area contributed by atoms with E-state index in [-0.39, 0.29) is 5.92 Å². The Morgan fingerprint density at radius 3 is 2.60 bits per heavy atom. The number of carbonyl (C=O) groups excluding carboxylic acids is 3. The highest BCUT2D eigenvalue weighted by Gasteiger charge is 2.23. The van der Waals surface area contributed by atoms with Crippen molar-refractivity contribution in [3.8, 4) is 0 Å². The van der Waals surface area contributed by atoms with Crippen molar-refractivity contribution >= 4 is 28.7 Å². The molecule has 0 bridgehead atoms. The van der Waals surface area contributed by atoms with Gasteiger partial charge in [0.25, 0.3) is 5.91 Å². The highest BCUT2D eigenvalue weighted by Crippen LogP contribution is 2.18. The lowest BCUT2D eigenvalue weighted by atomic mass is 10.0. The van der Waals surface area contributed by atoms with Crippen molar-refractivity contribution in [3.63, 3.8) is 0 Å². The van der Waals surface area contributed by atoms with Gasteiger partial charge >= 0.3 is 11.9 Å². The molecule has 0 spiro atoms. The number of esters is 2. The summed E-state index contributed by atoms with van der Waals surface area (Å²) in [5, 5.41) is 3.26. The van der Waals surface area contributed by atoms with E-state index in [9.17, 15) is 14.4 Å². The summed E-state index contributed by atoms with van der Waals surface area (Å²) in [5.41, 5.74) is 1.16. The number of methoxy groups -OCH3 is 1. The number of rotatable bonds is 7. The van der Waals surface area contributed by atoms with Gasteiger partial charge in [0.2, 0.25) is 0 Å². The molecule has 2 N–H and O–H groups in total. The maximum absolute atomic E-state index is 12.2. The number of ether oxygens (including phenoxy) is 2. The van der Waals surface area contributed by atoms with E-state index < -0.39 is 30.5 Å². The number of para-hydroxylation sites is 1. The van der Waals surface area contributed by atoms with Crippen LogP contribution in [0.5, 0.6) is 0 Å². The summed E-state index contributed by atoms with van der Waals surface area (Å²) < 4.78 is 9.73. The molecule has 1 aromatic heterocycles. The summed E-state index contributed by atoms with van der Waals surface area (Å²) in [7, 11) is 1.26. The summed E-state index contributed by atoms with van der Waals surface area (Å²) in [4.78, 5) is 38.8. The smallest absolute Gasteiger partial charge is 0.340 e. The fourth-order valence-corrected chi connectivity index (χ4v) is 2.51. The number of amides is 1. The lowest BCUT2D eigenvalue weighted by molar-refractivity contribution is -0.145. The molecule has 2 aromatic rings. The number of aromatic nitrogens is 1. The van der Waals surface area contributed by atoms with E-state index in [2.05, 4.69) is 15.0 Å². The molecule has 0 saturated heterocycles. The van der Waals surface area contributed by atoms with Crippen LogP contribution in [0.3, 0.4) is 0 Å². The largest absolute Gasteiger partial charge is 0.467 e. The van der Waals surface area contributed by atoms with E-state index in [1.54, 1.807) is 12.3 Å². The number of aromatic amines is 1. The fourth-order valence-electron chi connectivity index (χ4n) is 2.51. The van der Waals surface area contributed by atoms with E-state index in [4.69, 9.17) is 4.74 Å². The van der Waals surface area contributed by atoms with Crippen LogP contribution in [-0.2, 0) is 19.1 Å². The van der Waals surface area contributed by atoms with Gasteiger partial charge in [-0.15, -0.1) is 0 Å². The number of benzene rings is 1. The molecule has 1 heterocycles. The maximum atomic E-state index is 12.2. The fraction of sp³-hybridized carbons (Fsp3) is 0.389. The molecule has 7 nitrogen and oxygen atoms in total. The third kappa shape index (κ3) is 4.82. The molecule has 134 valence electrons.